The lowest BCUT2D eigenvalue weighted by atomic mass is 9.74. The van der Waals surface area contributed by atoms with Crippen molar-refractivity contribution in [3.63, 3.8) is 0 Å². The van der Waals surface area contributed by atoms with Crippen LogP contribution in [0.25, 0.3) is 0 Å². The number of hydrogen-bond donors (Lipinski definition) is 2. The number of carbonyl (C=O) groups is 3. The van der Waals surface area contributed by atoms with E-state index in [9.17, 15) is 19.5 Å². The van der Waals surface area contributed by atoms with Gasteiger partial charge in [0.15, 0.2) is 5.54 Å². The van der Waals surface area contributed by atoms with Gasteiger partial charge in [0.05, 0.1) is 6.54 Å². The van der Waals surface area contributed by atoms with Crippen molar-refractivity contribution in [2.75, 3.05) is 6.54 Å². The van der Waals surface area contributed by atoms with Gasteiger partial charge < -0.3 is 15.2 Å². The Hall–Kier alpha value is -2.57. The molecule has 1 unspecified atom stereocenters. The molecule has 7 nitrogen and oxygen atoms in total. The van der Waals surface area contributed by atoms with Crippen LogP contribution in [-0.2, 0) is 16.1 Å². The van der Waals surface area contributed by atoms with Gasteiger partial charge >= 0.3 is 18.1 Å². The molecule has 23 heavy (non-hydrogen) atoms. The molecule has 1 fully saturated rings. The summed E-state index contributed by atoms with van der Waals surface area (Å²) < 4.78 is 5.10. The van der Waals surface area contributed by atoms with Gasteiger partial charge in [0.1, 0.15) is 6.61 Å². The predicted octanol–water partition coefficient (Wildman–Crippen LogP) is 2.22. The van der Waals surface area contributed by atoms with Crippen molar-refractivity contribution in [3.05, 3.63) is 35.9 Å². The molecule has 1 heterocycles. The van der Waals surface area contributed by atoms with Crippen LogP contribution in [0, 0.1) is 5.41 Å². The molecule has 1 saturated heterocycles. The maximum Gasteiger partial charge on any atom is 0.418 e. The third kappa shape index (κ3) is 3.13. The summed E-state index contributed by atoms with van der Waals surface area (Å²) in [5.74, 6) is -1.18. The van der Waals surface area contributed by atoms with Gasteiger partial charge in [0.25, 0.3) is 0 Å². The number of hydrogen-bond acceptors (Lipinski definition) is 4. The molecule has 124 valence electrons. The molecule has 1 aliphatic heterocycles. The number of nitrogens with one attached hydrogen (secondary N) is 1. The van der Waals surface area contributed by atoms with Crippen LogP contribution in [0.2, 0.25) is 0 Å². The smallest absolute Gasteiger partial charge is 0.418 e. The van der Waals surface area contributed by atoms with E-state index in [4.69, 9.17) is 4.74 Å². The van der Waals surface area contributed by atoms with E-state index in [0.29, 0.717) is 0 Å². The molecule has 1 aromatic rings. The number of amides is 3. The quantitative estimate of drug-likeness (QED) is 0.890. The Morgan fingerprint density at radius 2 is 1.91 bits per heavy atom. The Labute approximate surface area is 134 Å². The zero-order valence-electron chi connectivity index (χ0n) is 13.3. The maximum atomic E-state index is 12.1. The summed E-state index contributed by atoms with van der Waals surface area (Å²) in [7, 11) is 0. The van der Waals surface area contributed by atoms with Gasteiger partial charge in [-0.3, -0.25) is 0 Å². The molecule has 0 spiro atoms. The summed E-state index contributed by atoms with van der Waals surface area (Å²) >= 11 is 0. The fourth-order valence-corrected chi connectivity index (χ4v) is 2.41. The molecule has 3 amide bonds. The van der Waals surface area contributed by atoms with E-state index in [1.807, 2.05) is 6.07 Å². The first kappa shape index (κ1) is 16.8. The second-order valence-electron chi connectivity index (χ2n) is 6.52. The van der Waals surface area contributed by atoms with E-state index in [0.717, 1.165) is 10.5 Å². The first-order chi connectivity index (χ1) is 10.7. The summed E-state index contributed by atoms with van der Waals surface area (Å²) in [4.78, 5) is 36.6. The zero-order chi connectivity index (χ0) is 17.3. The fraction of sp³-hybridized carbons (Fsp3) is 0.438. The van der Waals surface area contributed by atoms with Gasteiger partial charge in [-0.2, -0.15) is 0 Å². The number of imide groups is 1. The first-order valence-electron chi connectivity index (χ1n) is 7.21. The fourth-order valence-electron chi connectivity index (χ4n) is 2.41. The minimum atomic E-state index is -1.55. The number of urea groups is 1. The lowest BCUT2D eigenvalue weighted by Crippen LogP contribution is -2.60. The van der Waals surface area contributed by atoms with Crippen molar-refractivity contribution in [2.24, 2.45) is 5.41 Å². The molecular formula is C16H20N2O5. The number of aliphatic carboxylic acids is 1. The van der Waals surface area contributed by atoms with Crippen molar-refractivity contribution in [1.82, 2.24) is 10.2 Å². The van der Waals surface area contributed by atoms with Gasteiger partial charge in [0, 0.05) is 0 Å². The SMILES string of the molecule is CC(C)(C)C1(C(=O)O)CN(C(=O)OCc2ccccc2)C(=O)N1. The molecule has 0 saturated carbocycles. The number of ether oxygens (including phenoxy) is 1. The topological polar surface area (TPSA) is 95.9 Å². The number of nitrogens with zero attached hydrogens (tertiary/aromatic N) is 1. The second kappa shape index (κ2) is 5.91. The third-order valence-corrected chi connectivity index (χ3v) is 4.03. The second-order valence-corrected chi connectivity index (χ2v) is 6.52. The highest BCUT2D eigenvalue weighted by molar-refractivity contribution is 5.99. The molecule has 7 heteroatoms. The van der Waals surface area contributed by atoms with Crippen LogP contribution in [0.5, 0.6) is 0 Å². The van der Waals surface area contributed by atoms with Gasteiger partial charge in [-0.15, -0.1) is 0 Å². The monoisotopic (exact) mass is 320 g/mol. The molecule has 0 aliphatic carbocycles. The Morgan fingerprint density at radius 3 is 2.39 bits per heavy atom. The number of carbonyl (C=O) groups excluding carboxylic acids is 2. The molecular weight excluding hydrogens is 300 g/mol. The van der Waals surface area contributed by atoms with Crippen LogP contribution < -0.4 is 5.32 Å². The Kier molecular flexibility index (Phi) is 4.31. The van der Waals surface area contributed by atoms with E-state index in [1.165, 1.54) is 0 Å². The van der Waals surface area contributed by atoms with E-state index in [2.05, 4.69) is 5.32 Å². The van der Waals surface area contributed by atoms with Crippen LogP contribution in [0.4, 0.5) is 9.59 Å². The summed E-state index contributed by atoms with van der Waals surface area (Å²) in [5, 5.41) is 12.0. The van der Waals surface area contributed by atoms with Crippen molar-refractivity contribution >= 4 is 18.1 Å². The minimum absolute atomic E-state index is 0.0129. The van der Waals surface area contributed by atoms with Crippen molar-refractivity contribution in [2.45, 2.75) is 32.9 Å². The maximum absolute atomic E-state index is 12.1. The normalized spacial score (nSPS) is 21.0. The van der Waals surface area contributed by atoms with Crippen molar-refractivity contribution in [1.29, 1.82) is 0 Å². The number of rotatable bonds is 3. The van der Waals surface area contributed by atoms with E-state index >= 15 is 0 Å². The van der Waals surface area contributed by atoms with Crippen LogP contribution in [-0.4, -0.2) is 40.2 Å². The molecule has 2 rings (SSSR count). The molecule has 1 atom stereocenters. The average Bonchev–Trinajstić information content (AvgIpc) is 2.85. The van der Waals surface area contributed by atoms with E-state index in [1.54, 1.807) is 45.0 Å². The van der Waals surface area contributed by atoms with Gasteiger partial charge in [-0.1, -0.05) is 51.1 Å². The van der Waals surface area contributed by atoms with Crippen LogP contribution in [0.15, 0.2) is 30.3 Å². The van der Waals surface area contributed by atoms with Gasteiger partial charge in [-0.05, 0) is 11.0 Å². The van der Waals surface area contributed by atoms with Crippen molar-refractivity contribution in [3.8, 4) is 0 Å². The minimum Gasteiger partial charge on any atom is -0.479 e. The highest BCUT2D eigenvalue weighted by Crippen LogP contribution is 2.35. The van der Waals surface area contributed by atoms with Crippen LogP contribution in [0.3, 0.4) is 0 Å². The summed E-state index contributed by atoms with van der Waals surface area (Å²) in [5.41, 5.74) is -1.54. The molecule has 1 aliphatic rings. The lowest BCUT2D eigenvalue weighted by Gasteiger charge is -2.36. The predicted molar refractivity (Wildman–Crippen MR) is 81.7 cm³/mol. The van der Waals surface area contributed by atoms with Gasteiger partial charge in [-0.25, -0.2) is 19.3 Å². The first-order valence-corrected chi connectivity index (χ1v) is 7.21. The Morgan fingerprint density at radius 1 is 1.30 bits per heavy atom. The summed E-state index contributed by atoms with van der Waals surface area (Å²) in [6.07, 6.45) is -0.862. The molecule has 1 aromatic carbocycles. The van der Waals surface area contributed by atoms with Crippen LogP contribution >= 0.6 is 0 Å². The molecule has 0 radical (unpaired) electrons. The van der Waals surface area contributed by atoms with E-state index < -0.39 is 29.0 Å². The van der Waals surface area contributed by atoms with Crippen LogP contribution in [0.1, 0.15) is 26.3 Å². The van der Waals surface area contributed by atoms with Gasteiger partial charge in [0.2, 0.25) is 0 Å². The Bertz CT molecular complexity index is 623. The molecule has 2 N–H and O–H groups in total. The largest absolute Gasteiger partial charge is 0.479 e. The standard InChI is InChI=1S/C16H20N2O5/c1-15(2,3)16(12(19)20)10-18(13(21)17-16)14(22)23-9-11-7-5-4-6-8-11/h4-8H,9-10H2,1-3H3,(H,17,21)(H,19,20). The number of carboxylic acids is 1. The number of benzene rings is 1. The highest BCUT2D eigenvalue weighted by atomic mass is 16.6. The average molecular weight is 320 g/mol. The number of carboxylic acid groups (broad SMARTS) is 1. The summed E-state index contributed by atoms with van der Waals surface area (Å²) in [6.45, 7) is 4.82. The van der Waals surface area contributed by atoms with E-state index in [-0.39, 0.29) is 13.2 Å². The molecule has 0 bridgehead atoms. The molecule has 0 aromatic heterocycles. The zero-order valence-corrected chi connectivity index (χ0v) is 13.3. The third-order valence-electron chi connectivity index (χ3n) is 4.03. The highest BCUT2D eigenvalue weighted by Gasteiger charge is 2.58. The van der Waals surface area contributed by atoms with Crippen molar-refractivity contribution < 1.29 is 24.2 Å². The lowest BCUT2D eigenvalue weighted by molar-refractivity contribution is -0.148. The summed E-state index contributed by atoms with van der Waals surface area (Å²) in [6, 6.07) is 8.26. The Balaban J connectivity index is 2.10.